The molecule has 0 amide bonds. The van der Waals surface area contributed by atoms with E-state index in [-0.39, 0.29) is 0 Å². The summed E-state index contributed by atoms with van der Waals surface area (Å²) in [6, 6.07) is 14.0. The van der Waals surface area contributed by atoms with E-state index >= 15 is 0 Å². The van der Waals surface area contributed by atoms with Crippen molar-refractivity contribution < 1.29 is 0 Å². The lowest BCUT2D eigenvalue weighted by atomic mass is 10.0. The van der Waals surface area contributed by atoms with Gasteiger partial charge >= 0.3 is 0 Å². The largest absolute Gasteiger partial charge is 0.385 e. The zero-order valence-corrected chi connectivity index (χ0v) is 12.3. The molecular weight excluding hydrogens is 244 g/mol. The Morgan fingerprint density at radius 2 is 1.95 bits per heavy atom. The van der Waals surface area contributed by atoms with Crippen molar-refractivity contribution in [3.63, 3.8) is 0 Å². The molecule has 3 rings (SSSR count). The molecule has 0 radical (unpaired) electrons. The fourth-order valence-corrected chi connectivity index (χ4v) is 3.04. The van der Waals surface area contributed by atoms with Gasteiger partial charge in [0.05, 0.1) is 0 Å². The van der Waals surface area contributed by atoms with E-state index in [9.17, 15) is 0 Å². The second-order valence-electron chi connectivity index (χ2n) is 5.93. The van der Waals surface area contributed by atoms with Crippen LogP contribution in [0.5, 0.6) is 0 Å². The smallest absolute Gasteiger partial charge is 0.0346 e. The standard InChI is InChI=1S/C18H24N2/c1-14-5-6-16-13-18(8-7-15(16)12-14)20-11-9-17-4-2-3-10-19-17/h5-8,12-13,17,19-20H,2-4,9-11H2,1H3. The van der Waals surface area contributed by atoms with Crippen molar-refractivity contribution >= 4 is 16.5 Å². The summed E-state index contributed by atoms with van der Waals surface area (Å²) in [5.74, 6) is 0. The number of fused-ring (bicyclic) bond motifs is 1. The number of anilines is 1. The van der Waals surface area contributed by atoms with Gasteiger partial charge in [0.1, 0.15) is 0 Å². The van der Waals surface area contributed by atoms with Crippen LogP contribution in [0.1, 0.15) is 31.2 Å². The van der Waals surface area contributed by atoms with E-state index in [0.717, 1.165) is 6.54 Å². The Balaban J connectivity index is 1.58. The lowest BCUT2D eigenvalue weighted by Gasteiger charge is -2.23. The van der Waals surface area contributed by atoms with Gasteiger partial charge in [0.2, 0.25) is 0 Å². The molecular formula is C18H24N2. The summed E-state index contributed by atoms with van der Waals surface area (Å²) in [5.41, 5.74) is 2.55. The third-order valence-corrected chi connectivity index (χ3v) is 4.23. The molecule has 20 heavy (non-hydrogen) atoms. The van der Waals surface area contributed by atoms with Crippen molar-refractivity contribution in [2.45, 2.75) is 38.6 Å². The van der Waals surface area contributed by atoms with Crippen LogP contribution in [-0.4, -0.2) is 19.1 Å². The molecule has 1 aliphatic heterocycles. The van der Waals surface area contributed by atoms with E-state index in [4.69, 9.17) is 0 Å². The van der Waals surface area contributed by atoms with Crippen LogP contribution in [0, 0.1) is 6.92 Å². The number of aryl methyl sites for hydroxylation is 1. The van der Waals surface area contributed by atoms with Gasteiger partial charge in [-0.2, -0.15) is 0 Å². The Hall–Kier alpha value is -1.54. The van der Waals surface area contributed by atoms with Crippen LogP contribution in [0.3, 0.4) is 0 Å². The van der Waals surface area contributed by atoms with Crippen LogP contribution in [0.4, 0.5) is 5.69 Å². The minimum absolute atomic E-state index is 0.708. The van der Waals surface area contributed by atoms with E-state index in [1.807, 2.05) is 0 Å². The molecule has 2 heteroatoms. The second kappa shape index (κ2) is 6.27. The first-order valence-electron chi connectivity index (χ1n) is 7.79. The molecule has 0 saturated carbocycles. The maximum absolute atomic E-state index is 3.60. The highest BCUT2D eigenvalue weighted by atomic mass is 14.9. The molecule has 2 N–H and O–H groups in total. The average Bonchev–Trinajstić information content (AvgIpc) is 2.48. The van der Waals surface area contributed by atoms with Crippen LogP contribution >= 0.6 is 0 Å². The zero-order chi connectivity index (χ0) is 13.8. The van der Waals surface area contributed by atoms with Crippen LogP contribution in [-0.2, 0) is 0 Å². The molecule has 106 valence electrons. The quantitative estimate of drug-likeness (QED) is 0.872. The highest BCUT2D eigenvalue weighted by Crippen LogP contribution is 2.20. The summed E-state index contributed by atoms with van der Waals surface area (Å²) < 4.78 is 0. The lowest BCUT2D eigenvalue weighted by molar-refractivity contribution is 0.389. The lowest BCUT2D eigenvalue weighted by Crippen LogP contribution is -2.35. The van der Waals surface area contributed by atoms with Crippen molar-refractivity contribution in [3.05, 3.63) is 42.0 Å². The number of nitrogens with one attached hydrogen (secondary N) is 2. The topological polar surface area (TPSA) is 24.1 Å². The normalized spacial score (nSPS) is 19.1. The number of hydrogen-bond donors (Lipinski definition) is 2. The van der Waals surface area contributed by atoms with Crippen LogP contribution in [0.2, 0.25) is 0 Å². The Morgan fingerprint density at radius 1 is 1.10 bits per heavy atom. The van der Waals surface area contributed by atoms with Crippen molar-refractivity contribution in [2.75, 3.05) is 18.4 Å². The van der Waals surface area contributed by atoms with Gasteiger partial charge in [-0.05, 0) is 55.6 Å². The van der Waals surface area contributed by atoms with Gasteiger partial charge in [-0.25, -0.2) is 0 Å². The Labute approximate surface area is 121 Å². The molecule has 0 aliphatic carbocycles. The third-order valence-electron chi connectivity index (χ3n) is 4.23. The maximum atomic E-state index is 3.60. The molecule has 0 aromatic heterocycles. The summed E-state index contributed by atoms with van der Waals surface area (Å²) in [5, 5.41) is 9.80. The number of benzene rings is 2. The monoisotopic (exact) mass is 268 g/mol. The number of hydrogen-bond acceptors (Lipinski definition) is 2. The highest BCUT2D eigenvalue weighted by molar-refractivity contribution is 5.86. The second-order valence-corrected chi connectivity index (χ2v) is 5.93. The predicted octanol–water partition coefficient (Wildman–Crippen LogP) is 4.09. The zero-order valence-electron chi connectivity index (χ0n) is 12.3. The Kier molecular flexibility index (Phi) is 4.22. The van der Waals surface area contributed by atoms with E-state index in [1.165, 1.54) is 54.3 Å². The summed E-state index contributed by atoms with van der Waals surface area (Å²) in [6.45, 7) is 4.39. The minimum atomic E-state index is 0.708. The van der Waals surface area contributed by atoms with Gasteiger partial charge in [0, 0.05) is 18.3 Å². The molecule has 2 aromatic carbocycles. The van der Waals surface area contributed by atoms with Crippen molar-refractivity contribution in [1.29, 1.82) is 0 Å². The summed E-state index contributed by atoms with van der Waals surface area (Å²) >= 11 is 0. The van der Waals surface area contributed by atoms with Crippen LogP contribution < -0.4 is 10.6 Å². The predicted molar refractivity (Wildman–Crippen MR) is 87.4 cm³/mol. The van der Waals surface area contributed by atoms with E-state index < -0.39 is 0 Å². The first kappa shape index (κ1) is 13.4. The van der Waals surface area contributed by atoms with E-state index in [0.29, 0.717) is 6.04 Å². The molecule has 2 aromatic rings. The first-order valence-corrected chi connectivity index (χ1v) is 7.79. The van der Waals surface area contributed by atoms with Gasteiger partial charge in [-0.15, -0.1) is 0 Å². The van der Waals surface area contributed by atoms with Gasteiger partial charge in [0.15, 0.2) is 0 Å². The molecule has 1 saturated heterocycles. The van der Waals surface area contributed by atoms with Crippen LogP contribution in [0.25, 0.3) is 10.8 Å². The Morgan fingerprint density at radius 3 is 2.80 bits per heavy atom. The fraction of sp³-hybridized carbons (Fsp3) is 0.444. The highest BCUT2D eigenvalue weighted by Gasteiger charge is 2.11. The fourth-order valence-electron chi connectivity index (χ4n) is 3.04. The third kappa shape index (κ3) is 3.31. The average molecular weight is 268 g/mol. The molecule has 1 unspecified atom stereocenters. The summed E-state index contributed by atoms with van der Waals surface area (Å²) in [7, 11) is 0. The first-order chi connectivity index (χ1) is 9.81. The van der Waals surface area contributed by atoms with Gasteiger partial charge < -0.3 is 10.6 Å². The van der Waals surface area contributed by atoms with Gasteiger partial charge in [0.25, 0.3) is 0 Å². The van der Waals surface area contributed by atoms with Gasteiger partial charge in [-0.1, -0.05) is 36.2 Å². The van der Waals surface area contributed by atoms with Crippen LogP contribution in [0.15, 0.2) is 36.4 Å². The Bertz CT molecular complexity index is 571. The maximum Gasteiger partial charge on any atom is 0.0346 e. The van der Waals surface area contributed by atoms with Gasteiger partial charge in [-0.3, -0.25) is 0 Å². The molecule has 1 fully saturated rings. The molecule has 0 bridgehead atoms. The SMILES string of the molecule is Cc1ccc2cc(NCCC3CCCCN3)ccc2c1. The summed E-state index contributed by atoms with van der Waals surface area (Å²) in [4.78, 5) is 0. The van der Waals surface area contributed by atoms with E-state index in [2.05, 4.69) is 54.0 Å². The molecule has 1 heterocycles. The molecule has 2 nitrogen and oxygen atoms in total. The summed E-state index contributed by atoms with van der Waals surface area (Å²) in [6.07, 6.45) is 5.27. The number of piperidine rings is 1. The van der Waals surface area contributed by atoms with E-state index in [1.54, 1.807) is 0 Å². The molecule has 1 aliphatic rings. The molecule has 0 spiro atoms. The molecule has 1 atom stereocenters. The van der Waals surface area contributed by atoms with Crippen molar-refractivity contribution in [2.24, 2.45) is 0 Å². The van der Waals surface area contributed by atoms with Crippen molar-refractivity contribution in [3.8, 4) is 0 Å². The number of rotatable bonds is 4. The van der Waals surface area contributed by atoms with Crippen molar-refractivity contribution in [1.82, 2.24) is 5.32 Å². The minimum Gasteiger partial charge on any atom is -0.385 e.